The van der Waals surface area contributed by atoms with E-state index in [1.165, 1.54) is 0 Å². The van der Waals surface area contributed by atoms with Gasteiger partial charge in [0.15, 0.2) is 12.4 Å². The van der Waals surface area contributed by atoms with Crippen molar-refractivity contribution in [2.75, 3.05) is 47.5 Å². The van der Waals surface area contributed by atoms with Crippen molar-refractivity contribution in [1.29, 1.82) is 0 Å². The lowest BCUT2D eigenvalue weighted by Crippen LogP contribution is -2.44. The standard InChI is InChI=1S/C64H99NO8/c1-6-8-10-12-14-16-18-20-22-23-24-25-26-27-28-29-30-31-32-33-34-35-36-37-38-39-41-43-45-47-49-51-53-55-62(67)73-60(59-72-64(63(68)69)70-57-56-65(3,4)5)58-71-61(66)54-52-50-48-46-44-42-40-21-19-17-15-13-11-9-7-2/h8-11,14-17,20-22,24-25,27-28,30-31,33-34,36-37,39-41,45,47,60,64H,6-7,12-13,18-19,23,26,29,32,35,38,42-44,46,48-59H2,1-5H3/b10-8-,11-9-,16-14-,17-15-,22-20-,25-24-,28-27-,31-30-,34-33-,37-36-,40-21-,41-39-,47-45-. The Morgan fingerprint density at radius 2 is 0.740 bits per heavy atom. The maximum atomic E-state index is 12.8. The van der Waals surface area contributed by atoms with Crippen LogP contribution in [0.5, 0.6) is 0 Å². The van der Waals surface area contributed by atoms with Gasteiger partial charge in [0, 0.05) is 12.8 Å². The second kappa shape index (κ2) is 53.2. The summed E-state index contributed by atoms with van der Waals surface area (Å²) in [5.74, 6) is -2.39. The van der Waals surface area contributed by atoms with Crippen LogP contribution in [0.15, 0.2) is 158 Å². The van der Waals surface area contributed by atoms with E-state index in [0.29, 0.717) is 23.9 Å². The minimum atomic E-state index is -1.65. The number of carboxylic acid groups (broad SMARTS) is 1. The molecular formula is C64H99NO8. The number of carbonyl (C=O) groups excluding carboxylic acids is 3. The number of rotatable bonds is 48. The molecule has 0 rings (SSSR count). The number of allylic oxidation sites excluding steroid dienone is 26. The van der Waals surface area contributed by atoms with Crippen molar-refractivity contribution in [3.8, 4) is 0 Å². The van der Waals surface area contributed by atoms with Gasteiger partial charge in [-0.1, -0.05) is 191 Å². The number of likely N-dealkylation sites (N-methyl/N-ethyl adjacent to an activating group) is 1. The molecule has 2 unspecified atom stereocenters. The van der Waals surface area contributed by atoms with E-state index >= 15 is 0 Å². The van der Waals surface area contributed by atoms with Gasteiger partial charge in [-0.05, 0) is 122 Å². The third kappa shape index (κ3) is 54.5. The second-order valence-corrected chi connectivity index (χ2v) is 18.8. The first-order chi connectivity index (χ1) is 35.6. The molecule has 0 aliphatic rings. The average Bonchev–Trinajstić information content (AvgIpc) is 3.36. The third-order valence-corrected chi connectivity index (χ3v) is 10.8. The van der Waals surface area contributed by atoms with Gasteiger partial charge in [0.1, 0.15) is 13.2 Å². The van der Waals surface area contributed by atoms with Crippen molar-refractivity contribution in [2.45, 2.75) is 180 Å². The maximum Gasteiger partial charge on any atom is 0.306 e. The van der Waals surface area contributed by atoms with E-state index in [9.17, 15) is 19.5 Å². The number of aliphatic carboxylic acids is 1. The predicted octanol–water partition coefficient (Wildman–Crippen LogP) is 14.9. The number of esters is 2. The number of unbranched alkanes of at least 4 members (excludes halogenated alkanes) is 7. The Balaban J connectivity index is 4.41. The summed E-state index contributed by atoms with van der Waals surface area (Å²) in [4.78, 5) is 37.2. The van der Waals surface area contributed by atoms with E-state index in [4.69, 9.17) is 18.9 Å². The number of carboxylic acids is 1. The normalized spacial score (nSPS) is 14.0. The molecule has 0 aromatic rings. The first-order valence-corrected chi connectivity index (χ1v) is 27.6. The molecule has 9 heteroatoms. The molecule has 73 heavy (non-hydrogen) atoms. The Bertz CT molecular complexity index is 1750. The van der Waals surface area contributed by atoms with Gasteiger partial charge in [-0.2, -0.15) is 0 Å². The summed E-state index contributed by atoms with van der Waals surface area (Å²) in [5, 5.41) is 11.7. The summed E-state index contributed by atoms with van der Waals surface area (Å²) < 4.78 is 22.5. The molecule has 0 heterocycles. The third-order valence-electron chi connectivity index (χ3n) is 10.8. The van der Waals surface area contributed by atoms with Gasteiger partial charge < -0.3 is 33.3 Å². The van der Waals surface area contributed by atoms with Crippen molar-refractivity contribution in [3.05, 3.63) is 158 Å². The molecule has 0 aliphatic heterocycles. The van der Waals surface area contributed by atoms with Crippen LogP contribution in [-0.2, 0) is 33.3 Å². The van der Waals surface area contributed by atoms with Crippen molar-refractivity contribution in [3.63, 3.8) is 0 Å². The molecule has 0 bridgehead atoms. The van der Waals surface area contributed by atoms with Gasteiger partial charge >= 0.3 is 11.9 Å². The van der Waals surface area contributed by atoms with Gasteiger partial charge in [0.25, 0.3) is 0 Å². The van der Waals surface area contributed by atoms with Crippen LogP contribution >= 0.6 is 0 Å². The zero-order chi connectivity index (χ0) is 53.4. The average molecular weight is 1010 g/mol. The number of nitrogens with zero attached hydrogens (tertiary/aromatic N) is 1. The maximum absolute atomic E-state index is 12.8. The minimum absolute atomic E-state index is 0.126. The largest absolute Gasteiger partial charge is 0.545 e. The second-order valence-electron chi connectivity index (χ2n) is 18.8. The van der Waals surface area contributed by atoms with Crippen LogP contribution in [0.25, 0.3) is 0 Å². The molecule has 0 fully saturated rings. The van der Waals surface area contributed by atoms with Gasteiger partial charge in [0.2, 0.25) is 0 Å². The van der Waals surface area contributed by atoms with E-state index < -0.39 is 30.3 Å². The fraction of sp³-hybridized carbons (Fsp3) is 0.547. The first-order valence-electron chi connectivity index (χ1n) is 27.6. The van der Waals surface area contributed by atoms with E-state index in [1.54, 1.807) is 0 Å². The van der Waals surface area contributed by atoms with Crippen LogP contribution in [0.1, 0.15) is 168 Å². The molecule has 9 nitrogen and oxygen atoms in total. The number of quaternary nitrogens is 1. The molecule has 0 aromatic heterocycles. The summed E-state index contributed by atoms with van der Waals surface area (Å²) in [5.41, 5.74) is 0. The molecule has 2 atom stereocenters. The van der Waals surface area contributed by atoms with Gasteiger partial charge in [-0.3, -0.25) is 9.59 Å². The van der Waals surface area contributed by atoms with Crippen LogP contribution in [0.4, 0.5) is 0 Å². The van der Waals surface area contributed by atoms with Crippen LogP contribution in [0, 0.1) is 0 Å². The fourth-order valence-corrected chi connectivity index (χ4v) is 6.58. The lowest BCUT2D eigenvalue weighted by atomic mass is 10.1. The molecule has 0 amide bonds. The summed E-state index contributed by atoms with van der Waals surface area (Å²) in [6.45, 7) is 4.40. The van der Waals surface area contributed by atoms with Crippen LogP contribution in [0.3, 0.4) is 0 Å². The molecule has 0 N–H and O–H groups in total. The molecule has 0 saturated heterocycles. The molecule has 0 radical (unpaired) electrons. The van der Waals surface area contributed by atoms with Crippen LogP contribution in [0.2, 0.25) is 0 Å². The van der Waals surface area contributed by atoms with Gasteiger partial charge in [-0.25, -0.2) is 0 Å². The molecular weight excluding hydrogens is 911 g/mol. The van der Waals surface area contributed by atoms with E-state index in [0.717, 1.165) is 128 Å². The Labute approximate surface area is 444 Å². The molecule has 0 aromatic carbocycles. The Morgan fingerprint density at radius 3 is 1.12 bits per heavy atom. The van der Waals surface area contributed by atoms with E-state index in [2.05, 4.69) is 172 Å². The van der Waals surface area contributed by atoms with Crippen molar-refractivity contribution < 1.29 is 42.9 Å². The minimum Gasteiger partial charge on any atom is -0.545 e. The Hall–Kier alpha value is -5.09. The number of carbonyl (C=O) groups is 3. The zero-order valence-electron chi connectivity index (χ0n) is 46.2. The molecule has 408 valence electrons. The smallest absolute Gasteiger partial charge is 0.306 e. The summed E-state index contributed by atoms with van der Waals surface area (Å²) >= 11 is 0. The Kier molecular flexibility index (Phi) is 49.5. The highest BCUT2D eigenvalue weighted by Crippen LogP contribution is 2.11. The lowest BCUT2D eigenvalue weighted by molar-refractivity contribution is -0.870. The van der Waals surface area contributed by atoms with Gasteiger partial charge in [0.05, 0.1) is 40.3 Å². The van der Waals surface area contributed by atoms with Crippen molar-refractivity contribution in [1.82, 2.24) is 0 Å². The summed E-state index contributed by atoms with van der Waals surface area (Å²) in [6, 6.07) is 0. The quantitative estimate of drug-likeness (QED) is 0.0195. The number of hydrogen-bond acceptors (Lipinski definition) is 8. The van der Waals surface area contributed by atoms with E-state index in [-0.39, 0.29) is 32.7 Å². The first kappa shape index (κ1) is 67.9. The highest BCUT2D eigenvalue weighted by molar-refractivity contribution is 5.70. The van der Waals surface area contributed by atoms with Crippen LogP contribution in [-0.4, -0.2) is 82.3 Å². The fourth-order valence-electron chi connectivity index (χ4n) is 6.58. The predicted molar refractivity (Wildman–Crippen MR) is 305 cm³/mol. The van der Waals surface area contributed by atoms with Gasteiger partial charge in [-0.15, -0.1) is 0 Å². The number of hydrogen-bond donors (Lipinski definition) is 0. The molecule has 0 aliphatic carbocycles. The number of ether oxygens (including phenoxy) is 4. The molecule has 0 spiro atoms. The van der Waals surface area contributed by atoms with Crippen LogP contribution < -0.4 is 5.11 Å². The highest BCUT2D eigenvalue weighted by atomic mass is 16.7. The van der Waals surface area contributed by atoms with Crippen molar-refractivity contribution >= 4 is 17.9 Å². The topological polar surface area (TPSA) is 111 Å². The summed E-state index contributed by atoms with van der Waals surface area (Å²) in [6.07, 6.45) is 75.8. The molecule has 0 saturated carbocycles. The Morgan fingerprint density at radius 1 is 0.411 bits per heavy atom. The lowest BCUT2D eigenvalue weighted by Gasteiger charge is -2.26. The zero-order valence-corrected chi connectivity index (χ0v) is 46.2. The summed E-state index contributed by atoms with van der Waals surface area (Å²) in [7, 11) is 5.88. The van der Waals surface area contributed by atoms with E-state index in [1.807, 2.05) is 21.1 Å². The monoisotopic (exact) mass is 1010 g/mol. The SMILES string of the molecule is CC/C=C\C/C=C\C/C=C\C/C=C\C/C=C\C/C=C\C/C=C\C/C=C\C/C=C\C/C=C\CCCCC(=O)OC(COC(=O)CCCCCCC/C=C\C/C=C\C/C=C\CC)COC(OCC[N+](C)(C)C)C(=O)[O-]. The highest BCUT2D eigenvalue weighted by Gasteiger charge is 2.21. The van der Waals surface area contributed by atoms with Crippen molar-refractivity contribution in [2.24, 2.45) is 0 Å².